The van der Waals surface area contributed by atoms with E-state index >= 15 is 0 Å². The van der Waals surface area contributed by atoms with E-state index in [1.165, 1.54) is 12.8 Å². The second-order valence-electron chi connectivity index (χ2n) is 3.26. The molecule has 2 heteroatoms. The summed E-state index contributed by atoms with van der Waals surface area (Å²) in [6.07, 6.45) is 3.69. The highest BCUT2D eigenvalue weighted by Crippen LogP contribution is 2.04. The van der Waals surface area contributed by atoms with Gasteiger partial charge in [0.2, 0.25) is 0 Å². The van der Waals surface area contributed by atoms with Gasteiger partial charge in [0.05, 0.1) is 0 Å². The number of unbranched alkanes of at least 4 members (excludes halogenated alkanes) is 1. The molecule has 0 amide bonds. The van der Waals surface area contributed by atoms with Crippen molar-refractivity contribution in [2.24, 2.45) is 0 Å². The van der Waals surface area contributed by atoms with Crippen molar-refractivity contribution >= 4 is 11.6 Å². The van der Waals surface area contributed by atoms with E-state index in [1.54, 1.807) is 0 Å². The molecule has 0 bridgehead atoms. The Bertz CT molecular complexity index is 59.8. The fourth-order valence-corrected chi connectivity index (χ4v) is 0.640. The Morgan fingerprint density at radius 2 is 1.64 bits per heavy atom. The van der Waals surface area contributed by atoms with Crippen molar-refractivity contribution in [1.29, 1.82) is 0 Å². The summed E-state index contributed by atoms with van der Waals surface area (Å²) in [5.74, 6) is 0. The molecule has 0 aromatic carbocycles. The van der Waals surface area contributed by atoms with Crippen LogP contribution >= 0.6 is 11.6 Å². The normalized spacial score (nSPS) is 12.3. The van der Waals surface area contributed by atoms with Gasteiger partial charge in [-0.05, 0) is 34.5 Å². The van der Waals surface area contributed by atoms with Gasteiger partial charge < -0.3 is 4.90 Å². The third-order valence-corrected chi connectivity index (χ3v) is 1.17. The highest BCUT2D eigenvalue weighted by atomic mass is 35.5. The molecule has 0 saturated carbocycles. The number of nitrogens with zero attached hydrogens (tertiary/aromatic N) is 1. The molecule has 11 heavy (non-hydrogen) atoms. The van der Waals surface area contributed by atoms with E-state index in [9.17, 15) is 0 Å². The minimum Gasteiger partial charge on any atom is -0.312 e. The smallest absolute Gasteiger partial charge is 0.0307 e. The molecule has 70 valence electrons. The summed E-state index contributed by atoms with van der Waals surface area (Å²) < 4.78 is 0. The van der Waals surface area contributed by atoms with Gasteiger partial charge in [-0.3, -0.25) is 0 Å². The lowest BCUT2D eigenvalue weighted by molar-refractivity contribution is 0.505. The highest BCUT2D eigenvalue weighted by Gasteiger charge is 1.91. The van der Waals surface area contributed by atoms with Gasteiger partial charge in [-0.1, -0.05) is 19.8 Å². The Kier molecular flexibility index (Phi) is 12.9. The Labute approximate surface area is 76.7 Å². The number of alkyl halides is 1. The molecule has 0 aromatic rings. The molecule has 0 heterocycles. The number of rotatable bonds is 3. The van der Waals surface area contributed by atoms with Crippen LogP contribution in [0.25, 0.3) is 0 Å². The average molecular weight is 180 g/mol. The quantitative estimate of drug-likeness (QED) is 0.603. The predicted octanol–water partition coefficient (Wildman–Crippen LogP) is 2.98. The van der Waals surface area contributed by atoms with E-state index in [0.29, 0.717) is 5.38 Å². The minimum atomic E-state index is 0.375. The van der Waals surface area contributed by atoms with Crippen LogP contribution in [-0.2, 0) is 0 Å². The summed E-state index contributed by atoms with van der Waals surface area (Å²) in [6, 6.07) is 0. The number of hydrogen-bond donors (Lipinski definition) is 0. The van der Waals surface area contributed by atoms with Crippen LogP contribution in [-0.4, -0.2) is 31.4 Å². The van der Waals surface area contributed by atoms with Crippen molar-refractivity contribution in [3.8, 4) is 0 Å². The van der Waals surface area contributed by atoms with E-state index in [-0.39, 0.29) is 0 Å². The summed E-state index contributed by atoms with van der Waals surface area (Å²) in [5, 5.41) is 0.375. The Hall–Kier alpha value is 0.250. The fourth-order valence-electron chi connectivity index (χ4n) is 0.485. The van der Waals surface area contributed by atoms with E-state index in [1.807, 2.05) is 33.0 Å². The standard InChI is InChI=1S/C6H13Cl.C3H9N/c1-3-4-5-6(2)7;1-4(2)3/h6H,3-5H2,1-2H3;1-3H3. The van der Waals surface area contributed by atoms with Crippen LogP contribution in [0, 0.1) is 0 Å². The maximum absolute atomic E-state index is 5.66. The first-order valence-electron chi connectivity index (χ1n) is 4.25. The zero-order valence-electron chi connectivity index (χ0n) is 8.52. The molecule has 1 unspecified atom stereocenters. The molecule has 0 rings (SSSR count). The van der Waals surface area contributed by atoms with Crippen LogP contribution in [0.2, 0.25) is 0 Å². The molecule has 0 fully saturated rings. The topological polar surface area (TPSA) is 3.24 Å². The monoisotopic (exact) mass is 179 g/mol. The second-order valence-corrected chi connectivity index (χ2v) is 4.01. The van der Waals surface area contributed by atoms with Crippen molar-refractivity contribution < 1.29 is 0 Å². The Morgan fingerprint density at radius 1 is 1.27 bits per heavy atom. The molecule has 0 N–H and O–H groups in total. The zero-order chi connectivity index (χ0) is 9.28. The van der Waals surface area contributed by atoms with Crippen LogP contribution in [0.1, 0.15) is 33.1 Å². The van der Waals surface area contributed by atoms with Crippen molar-refractivity contribution in [3.05, 3.63) is 0 Å². The molecule has 0 radical (unpaired) electrons. The molecule has 0 aromatic heterocycles. The predicted molar refractivity (Wildman–Crippen MR) is 54.5 cm³/mol. The van der Waals surface area contributed by atoms with Crippen LogP contribution in [0.5, 0.6) is 0 Å². The summed E-state index contributed by atoms with van der Waals surface area (Å²) >= 11 is 5.66. The second kappa shape index (κ2) is 10.2. The van der Waals surface area contributed by atoms with E-state index in [0.717, 1.165) is 6.42 Å². The first-order valence-corrected chi connectivity index (χ1v) is 4.69. The molecular weight excluding hydrogens is 158 g/mol. The molecule has 0 spiro atoms. The number of hydrogen-bond acceptors (Lipinski definition) is 1. The van der Waals surface area contributed by atoms with Gasteiger partial charge in [0, 0.05) is 5.38 Å². The zero-order valence-corrected chi connectivity index (χ0v) is 9.28. The van der Waals surface area contributed by atoms with Gasteiger partial charge in [-0.15, -0.1) is 11.6 Å². The summed E-state index contributed by atoms with van der Waals surface area (Å²) in [5.41, 5.74) is 0. The van der Waals surface area contributed by atoms with Gasteiger partial charge in [0.25, 0.3) is 0 Å². The molecule has 0 aliphatic rings. The molecule has 0 saturated heterocycles. The summed E-state index contributed by atoms with van der Waals surface area (Å²) in [6.45, 7) is 4.22. The van der Waals surface area contributed by atoms with Crippen LogP contribution in [0.4, 0.5) is 0 Å². The van der Waals surface area contributed by atoms with Crippen LogP contribution in [0.15, 0.2) is 0 Å². The number of halogens is 1. The Balaban J connectivity index is 0. The SMILES string of the molecule is CCCCC(C)Cl.CN(C)C. The first kappa shape index (κ1) is 13.8. The third-order valence-electron chi connectivity index (χ3n) is 0.955. The summed E-state index contributed by atoms with van der Waals surface area (Å²) in [7, 11) is 6.00. The molecule has 1 atom stereocenters. The largest absolute Gasteiger partial charge is 0.312 e. The van der Waals surface area contributed by atoms with Crippen LogP contribution in [0.3, 0.4) is 0 Å². The molecule has 1 nitrogen and oxygen atoms in total. The van der Waals surface area contributed by atoms with Crippen molar-refractivity contribution in [1.82, 2.24) is 4.90 Å². The van der Waals surface area contributed by atoms with Gasteiger partial charge in [0.15, 0.2) is 0 Å². The summed E-state index contributed by atoms with van der Waals surface area (Å²) in [4.78, 5) is 2.00. The Morgan fingerprint density at radius 3 is 1.73 bits per heavy atom. The van der Waals surface area contributed by atoms with Crippen molar-refractivity contribution in [2.75, 3.05) is 21.1 Å². The lowest BCUT2D eigenvalue weighted by Gasteiger charge is -1.96. The van der Waals surface area contributed by atoms with Gasteiger partial charge >= 0.3 is 0 Å². The van der Waals surface area contributed by atoms with Gasteiger partial charge in [0.1, 0.15) is 0 Å². The third kappa shape index (κ3) is 38.6. The van der Waals surface area contributed by atoms with Crippen LogP contribution < -0.4 is 0 Å². The molecular formula is C9H22ClN. The van der Waals surface area contributed by atoms with Gasteiger partial charge in [-0.25, -0.2) is 0 Å². The lowest BCUT2D eigenvalue weighted by Crippen LogP contribution is -1.99. The lowest BCUT2D eigenvalue weighted by atomic mass is 10.2. The first-order chi connectivity index (χ1) is 5.00. The molecule has 0 aliphatic heterocycles. The van der Waals surface area contributed by atoms with E-state index < -0.39 is 0 Å². The van der Waals surface area contributed by atoms with Gasteiger partial charge in [-0.2, -0.15) is 0 Å². The average Bonchev–Trinajstić information content (AvgIpc) is 1.82. The van der Waals surface area contributed by atoms with Crippen molar-refractivity contribution in [2.45, 2.75) is 38.5 Å². The van der Waals surface area contributed by atoms with Crippen molar-refractivity contribution in [3.63, 3.8) is 0 Å². The van der Waals surface area contributed by atoms with E-state index in [4.69, 9.17) is 11.6 Å². The highest BCUT2D eigenvalue weighted by molar-refractivity contribution is 6.20. The maximum atomic E-state index is 5.66. The maximum Gasteiger partial charge on any atom is 0.0307 e. The minimum absolute atomic E-state index is 0.375. The fraction of sp³-hybridized carbons (Fsp3) is 1.00. The molecule has 0 aliphatic carbocycles. The van der Waals surface area contributed by atoms with E-state index in [2.05, 4.69) is 6.92 Å².